The van der Waals surface area contributed by atoms with Gasteiger partial charge in [0.05, 0.1) is 0 Å². The van der Waals surface area contributed by atoms with Gasteiger partial charge in [-0.25, -0.2) is 0 Å². The summed E-state index contributed by atoms with van der Waals surface area (Å²) in [5.74, 6) is 0.413. The molecule has 0 fully saturated rings. The minimum atomic E-state index is -0.0868. The van der Waals surface area contributed by atoms with Gasteiger partial charge in [-0.1, -0.05) is 13.8 Å². The molecule has 1 aromatic rings. The lowest BCUT2D eigenvalue weighted by Crippen LogP contribution is -2.41. The predicted octanol–water partition coefficient (Wildman–Crippen LogP) is 2.17. The number of halogens is 1. The van der Waals surface area contributed by atoms with Crippen LogP contribution in [0.15, 0.2) is 16.8 Å². The smallest absolute Gasteiger partial charge is 0.252 e. The summed E-state index contributed by atoms with van der Waals surface area (Å²) in [6, 6.07) is 1.82. The van der Waals surface area contributed by atoms with E-state index in [-0.39, 0.29) is 30.3 Å². The second-order valence-corrected chi connectivity index (χ2v) is 6.28. The first-order chi connectivity index (χ1) is 10.0. The summed E-state index contributed by atoms with van der Waals surface area (Å²) < 4.78 is 0. The van der Waals surface area contributed by atoms with Gasteiger partial charge in [0.15, 0.2) is 0 Å². The van der Waals surface area contributed by atoms with Crippen molar-refractivity contribution in [1.29, 1.82) is 0 Å². The zero-order chi connectivity index (χ0) is 15.7. The largest absolute Gasteiger partial charge is 0.352 e. The van der Waals surface area contributed by atoms with Crippen LogP contribution < -0.4 is 16.4 Å². The van der Waals surface area contributed by atoms with Crippen LogP contribution in [-0.2, 0) is 4.79 Å². The number of rotatable bonds is 9. The van der Waals surface area contributed by atoms with Crippen molar-refractivity contribution in [3.05, 3.63) is 22.4 Å². The van der Waals surface area contributed by atoms with E-state index in [2.05, 4.69) is 24.5 Å². The summed E-state index contributed by atoms with van der Waals surface area (Å²) in [6.07, 6.45) is 1.91. The molecule has 0 bridgehead atoms. The average Bonchev–Trinajstić information content (AvgIpc) is 2.96. The lowest BCUT2D eigenvalue weighted by molar-refractivity contribution is -0.121. The van der Waals surface area contributed by atoms with Crippen molar-refractivity contribution in [2.75, 3.05) is 13.1 Å². The highest BCUT2D eigenvalue weighted by Gasteiger charge is 2.12. The van der Waals surface area contributed by atoms with Crippen LogP contribution in [0, 0.1) is 5.92 Å². The molecule has 0 aromatic carbocycles. The molecule has 1 heterocycles. The third kappa shape index (κ3) is 8.36. The Morgan fingerprint density at radius 2 is 2.09 bits per heavy atom. The fourth-order valence-electron chi connectivity index (χ4n) is 2.03. The Balaban J connectivity index is 0.00000441. The van der Waals surface area contributed by atoms with Crippen LogP contribution in [0.1, 0.15) is 43.5 Å². The molecule has 1 rings (SSSR count). The summed E-state index contributed by atoms with van der Waals surface area (Å²) in [7, 11) is 0. The molecule has 5 nitrogen and oxygen atoms in total. The molecule has 1 aromatic heterocycles. The molecule has 0 saturated heterocycles. The number of nitrogens with two attached hydrogens (primary N) is 1. The zero-order valence-electron chi connectivity index (χ0n) is 13.1. The van der Waals surface area contributed by atoms with E-state index in [1.807, 2.05) is 5.38 Å². The molecule has 0 aliphatic rings. The molecule has 0 spiro atoms. The molecule has 0 aliphatic heterocycles. The van der Waals surface area contributed by atoms with Crippen LogP contribution >= 0.6 is 23.7 Å². The van der Waals surface area contributed by atoms with E-state index in [1.165, 1.54) is 11.3 Å². The Morgan fingerprint density at radius 3 is 2.64 bits per heavy atom. The van der Waals surface area contributed by atoms with Gasteiger partial charge in [0.25, 0.3) is 5.91 Å². The van der Waals surface area contributed by atoms with E-state index in [0.29, 0.717) is 37.4 Å². The molecule has 4 N–H and O–H groups in total. The fraction of sp³-hybridized carbons (Fsp3) is 0.600. The maximum absolute atomic E-state index is 11.8. The number of thiophene rings is 1. The molecule has 126 valence electrons. The number of nitrogens with one attached hydrogen (secondary N) is 2. The second-order valence-electron chi connectivity index (χ2n) is 5.50. The number of amides is 2. The van der Waals surface area contributed by atoms with Crippen molar-refractivity contribution in [2.24, 2.45) is 11.7 Å². The van der Waals surface area contributed by atoms with Crippen LogP contribution in [0.4, 0.5) is 0 Å². The third-order valence-electron chi connectivity index (χ3n) is 3.06. The molecule has 7 heteroatoms. The summed E-state index contributed by atoms with van der Waals surface area (Å²) in [5, 5.41) is 9.41. The summed E-state index contributed by atoms with van der Waals surface area (Å²) in [6.45, 7) is 5.17. The first kappa shape index (κ1) is 20.9. The first-order valence-corrected chi connectivity index (χ1v) is 8.27. The molecule has 1 unspecified atom stereocenters. The minimum absolute atomic E-state index is 0. The van der Waals surface area contributed by atoms with Crippen molar-refractivity contribution >= 4 is 35.6 Å². The van der Waals surface area contributed by atoms with Crippen molar-refractivity contribution < 1.29 is 9.59 Å². The SMILES string of the molecule is CC(C)CC(CN)NC(=O)CCCNC(=O)c1ccsc1.Cl. The predicted molar refractivity (Wildman–Crippen MR) is 93.6 cm³/mol. The van der Waals surface area contributed by atoms with Crippen LogP contribution in [0.25, 0.3) is 0 Å². The number of carbonyl (C=O) groups excluding carboxylic acids is 2. The summed E-state index contributed by atoms with van der Waals surface area (Å²) in [4.78, 5) is 23.5. The maximum atomic E-state index is 11.8. The maximum Gasteiger partial charge on any atom is 0.252 e. The Bertz CT molecular complexity index is 438. The van der Waals surface area contributed by atoms with Crippen LogP contribution in [0.2, 0.25) is 0 Å². The molecular formula is C15H26ClN3O2S. The van der Waals surface area contributed by atoms with Crippen molar-refractivity contribution in [2.45, 2.75) is 39.2 Å². The van der Waals surface area contributed by atoms with Crippen molar-refractivity contribution in [1.82, 2.24) is 10.6 Å². The number of hydrogen-bond acceptors (Lipinski definition) is 4. The van der Waals surface area contributed by atoms with E-state index >= 15 is 0 Å². The van der Waals surface area contributed by atoms with Crippen LogP contribution in [-0.4, -0.2) is 30.9 Å². The minimum Gasteiger partial charge on any atom is -0.352 e. The summed E-state index contributed by atoms with van der Waals surface area (Å²) >= 11 is 1.49. The second kappa shape index (κ2) is 11.5. The molecule has 0 radical (unpaired) electrons. The monoisotopic (exact) mass is 347 g/mol. The van der Waals surface area contributed by atoms with Crippen molar-refractivity contribution in [3.8, 4) is 0 Å². The molecular weight excluding hydrogens is 322 g/mol. The Labute approximate surface area is 142 Å². The molecule has 1 atom stereocenters. The van der Waals surface area contributed by atoms with Gasteiger partial charge in [-0.2, -0.15) is 11.3 Å². The quantitative estimate of drug-likeness (QED) is 0.598. The first-order valence-electron chi connectivity index (χ1n) is 7.32. The van der Waals surface area contributed by atoms with Crippen LogP contribution in [0.5, 0.6) is 0 Å². The lowest BCUT2D eigenvalue weighted by Gasteiger charge is -2.18. The number of hydrogen-bond donors (Lipinski definition) is 3. The zero-order valence-corrected chi connectivity index (χ0v) is 14.8. The summed E-state index contributed by atoms with van der Waals surface area (Å²) in [5.41, 5.74) is 6.32. The highest BCUT2D eigenvalue weighted by atomic mass is 35.5. The highest BCUT2D eigenvalue weighted by Crippen LogP contribution is 2.06. The van der Waals surface area contributed by atoms with Gasteiger partial charge in [0.2, 0.25) is 5.91 Å². The lowest BCUT2D eigenvalue weighted by atomic mass is 10.0. The van der Waals surface area contributed by atoms with E-state index in [1.54, 1.807) is 11.4 Å². The Kier molecular flexibility index (Phi) is 10.9. The van der Waals surface area contributed by atoms with Gasteiger partial charge in [0, 0.05) is 36.5 Å². The fourth-order valence-corrected chi connectivity index (χ4v) is 2.67. The normalized spacial score (nSPS) is 11.6. The highest BCUT2D eigenvalue weighted by molar-refractivity contribution is 7.08. The van der Waals surface area contributed by atoms with Gasteiger partial charge < -0.3 is 16.4 Å². The Morgan fingerprint density at radius 1 is 1.36 bits per heavy atom. The van der Waals surface area contributed by atoms with E-state index < -0.39 is 0 Å². The van der Waals surface area contributed by atoms with E-state index in [0.717, 1.165) is 6.42 Å². The van der Waals surface area contributed by atoms with Crippen molar-refractivity contribution in [3.63, 3.8) is 0 Å². The van der Waals surface area contributed by atoms with Crippen LogP contribution in [0.3, 0.4) is 0 Å². The third-order valence-corrected chi connectivity index (χ3v) is 3.74. The molecule has 2 amide bonds. The average molecular weight is 348 g/mol. The molecule has 22 heavy (non-hydrogen) atoms. The molecule has 0 aliphatic carbocycles. The van der Waals surface area contributed by atoms with Gasteiger partial charge in [0.1, 0.15) is 0 Å². The van der Waals surface area contributed by atoms with Gasteiger partial charge in [-0.05, 0) is 30.2 Å². The number of carbonyl (C=O) groups is 2. The molecule has 0 saturated carbocycles. The van der Waals surface area contributed by atoms with Gasteiger partial charge >= 0.3 is 0 Å². The Hall–Kier alpha value is -1.11. The topological polar surface area (TPSA) is 84.2 Å². The van der Waals surface area contributed by atoms with E-state index in [4.69, 9.17) is 5.73 Å². The van der Waals surface area contributed by atoms with Gasteiger partial charge in [-0.15, -0.1) is 12.4 Å². The standard InChI is InChI=1S/C15H25N3O2S.ClH/c1-11(2)8-13(9-16)18-14(19)4-3-6-17-15(20)12-5-7-21-10-12;/h5,7,10-11,13H,3-4,6,8-9,16H2,1-2H3,(H,17,20)(H,18,19);1H. The van der Waals surface area contributed by atoms with E-state index in [9.17, 15) is 9.59 Å². The van der Waals surface area contributed by atoms with Gasteiger partial charge in [-0.3, -0.25) is 9.59 Å².